The Labute approximate surface area is 112 Å². The van der Waals surface area contributed by atoms with Crippen molar-refractivity contribution in [3.05, 3.63) is 34.4 Å². The second-order valence-corrected chi connectivity index (χ2v) is 5.53. The SMILES string of the molecule is Cc1ccc(C)c2c1CN(C1CCC(=O)NC1=O)C2. The zero-order valence-electron chi connectivity index (χ0n) is 11.3. The second-order valence-electron chi connectivity index (χ2n) is 5.53. The minimum absolute atomic E-state index is 0.139. The molecule has 1 saturated heterocycles. The molecule has 100 valence electrons. The summed E-state index contributed by atoms with van der Waals surface area (Å²) in [6.07, 6.45) is 1.08. The monoisotopic (exact) mass is 258 g/mol. The number of benzene rings is 1. The molecule has 1 aromatic rings. The lowest BCUT2D eigenvalue weighted by Crippen LogP contribution is -2.50. The molecule has 0 spiro atoms. The van der Waals surface area contributed by atoms with E-state index >= 15 is 0 Å². The first-order valence-electron chi connectivity index (χ1n) is 6.72. The van der Waals surface area contributed by atoms with Gasteiger partial charge in [0.05, 0.1) is 6.04 Å². The molecule has 1 N–H and O–H groups in total. The predicted molar refractivity (Wildman–Crippen MR) is 71.3 cm³/mol. The minimum atomic E-state index is -0.163. The van der Waals surface area contributed by atoms with Gasteiger partial charge in [0.15, 0.2) is 0 Å². The Morgan fingerprint density at radius 1 is 1.11 bits per heavy atom. The van der Waals surface area contributed by atoms with Crippen LogP contribution in [0.5, 0.6) is 0 Å². The van der Waals surface area contributed by atoms with Crippen LogP contribution in [0.1, 0.15) is 35.1 Å². The average molecular weight is 258 g/mol. The fourth-order valence-electron chi connectivity index (χ4n) is 3.08. The third-order valence-electron chi connectivity index (χ3n) is 4.27. The maximum absolute atomic E-state index is 11.9. The fourth-order valence-corrected chi connectivity index (χ4v) is 3.08. The van der Waals surface area contributed by atoms with Gasteiger partial charge in [0.25, 0.3) is 0 Å². The lowest BCUT2D eigenvalue weighted by atomic mass is 10.0. The summed E-state index contributed by atoms with van der Waals surface area (Å²) in [5.41, 5.74) is 5.28. The highest BCUT2D eigenvalue weighted by atomic mass is 16.2. The van der Waals surface area contributed by atoms with Crippen molar-refractivity contribution in [2.75, 3.05) is 0 Å². The Morgan fingerprint density at radius 2 is 1.68 bits per heavy atom. The maximum Gasteiger partial charge on any atom is 0.243 e. The highest BCUT2D eigenvalue weighted by molar-refractivity contribution is 6.00. The van der Waals surface area contributed by atoms with Gasteiger partial charge in [-0.3, -0.25) is 19.8 Å². The van der Waals surface area contributed by atoms with Gasteiger partial charge >= 0.3 is 0 Å². The van der Waals surface area contributed by atoms with Crippen LogP contribution >= 0.6 is 0 Å². The molecule has 2 amide bonds. The zero-order chi connectivity index (χ0) is 13.6. The Bertz CT molecular complexity index is 535. The van der Waals surface area contributed by atoms with E-state index in [4.69, 9.17) is 0 Å². The Balaban J connectivity index is 1.84. The molecule has 0 saturated carbocycles. The molecule has 19 heavy (non-hydrogen) atoms. The van der Waals surface area contributed by atoms with Crippen molar-refractivity contribution in [2.45, 2.75) is 45.8 Å². The van der Waals surface area contributed by atoms with Gasteiger partial charge < -0.3 is 0 Å². The van der Waals surface area contributed by atoms with E-state index < -0.39 is 0 Å². The molecule has 0 radical (unpaired) electrons. The number of rotatable bonds is 1. The summed E-state index contributed by atoms with van der Waals surface area (Å²) in [6.45, 7) is 5.86. The van der Waals surface area contributed by atoms with Crippen LogP contribution in [0.15, 0.2) is 12.1 Å². The molecule has 4 heteroatoms. The van der Waals surface area contributed by atoms with E-state index in [1.807, 2.05) is 0 Å². The second kappa shape index (κ2) is 4.46. The summed E-state index contributed by atoms with van der Waals surface area (Å²) in [7, 11) is 0. The summed E-state index contributed by atoms with van der Waals surface area (Å²) < 4.78 is 0. The smallest absolute Gasteiger partial charge is 0.243 e. The third-order valence-corrected chi connectivity index (χ3v) is 4.27. The quantitative estimate of drug-likeness (QED) is 0.775. The lowest BCUT2D eigenvalue weighted by Gasteiger charge is -2.29. The van der Waals surface area contributed by atoms with Gasteiger partial charge in [0, 0.05) is 19.5 Å². The summed E-state index contributed by atoms with van der Waals surface area (Å²) in [5.74, 6) is -0.287. The van der Waals surface area contributed by atoms with Gasteiger partial charge in [-0.1, -0.05) is 12.1 Å². The zero-order valence-corrected chi connectivity index (χ0v) is 11.3. The highest BCUT2D eigenvalue weighted by Crippen LogP contribution is 2.31. The summed E-state index contributed by atoms with van der Waals surface area (Å²) in [5, 5.41) is 2.44. The summed E-state index contributed by atoms with van der Waals surface area (Å²) in [6, 6.07) is 4.12. The van der Waals surface area contributed by atoms with Crippen molar-refractivity contribution in [3.63, 3.8) is 0 Å². The van der Waals surface area contributed by atoms with Crippen LogP contribution in [0, 0.1) is 13.8 Å². The van der Waals surface area contributed by atoms with Crippen molar-refractivity contribution in [1.29, 1.82) is 0 Å². The van der Waals surface area contributed by atoms with Crippen LogP contribution in [0.2, 0.25) is 0 Å². The first-order chi connectivity index (χ1) is 9.06. The van der Waals surface area contributed by atoms with Crippen molar-refractivity contribution in [1.82, 2.24) is 10.2 Å². The van der Waals surface area contributed by atoms with Gasteiger partial charge in [-0.25, -0.2) is 0 Å². The Morgan fingerprint density at radius 3 is 2.21 bits per heavy atom. The van der Waals surface area contributed by atoms with Crippen molar-refractivity contribution >= 4 is 11.8 Å². The number of carbonyl (C=O) groups is 2. The number of amides is 2. The van der Waals surface area contributed by atoms with Crippen molar-refractivity contribution in [2.24, 2.45) is 0 Å². The van der Waals surface area contributed by atoms with E-state index in [0.717, 1.165) is 13.1 Å². The molecule has 1 fully saturated rings. The van der Waals surface area contributed by atoms with E-state index in [9.17, 15) is 9.59 Å². The van der Waals surface area contributed by atoms with Gasteiger partial charge in [-0.05, 0) is 42.5 Å². The number of carbonyl (C=O) groups excluding carboxylic acids is 2. The molecule has 0 aliphatic carbocycles. The van der Waals surface area contributed by atoms with Gasteiger partial charge in [-0.15, -0.1) is 0 Å². The number of fused-ring (bicyclic) bond motifs is 1. The van der Waals surface area contributed by atoms with E-state index in [2.05, 4.69) is 36.2 Å². The number of hydrogen-bond acceptors (Lipinski definition) is 3. The lowest BCUT2D eigenvalue weighted by molar-refractivity contribution is -0.137. The van der Waals surface area contributed by atoms with Crippen LogP contribution in [0.3, 0.4) is 0 Å². The third kappa shape index (κ3) is 2.06. The van der Waals surface area contributed by atoms with E-state index in [1.165, 1.54) is 22.3 Å². The van der Waals surface area contributed by atoms with Gasteiger partial charge in [-0.2, -0.15) is 0 Å². The van der Waals surface area contributed by atoms with E-state index in [0.29, 0.717) is 12.8 Å². The molecule has 0 aromatic heterocycles. The Kier molecular flexibility index (Phi) is 2.90. The average Bonchev–Trinajstić information content (AvgIpc) is 2.80. The maximum atomic E-state index is 11.9. The molecule has 1 atom stereocenters. The van der Waals surface area contributed by atoms with Crippen molar-refractivity contribution in [3.8, 4) is 0 Å². The fraction of sp³-hybridized carbons (Fsp3) is 0.467. The number of nitrogens with one attached hydrogen (secondary N) is 1. The standard InChI is InChI=1S/C15H18N2O2/c1-9-3-4-10(2)12-8-17(7-11(9)12)13-5-6-14(18)16-15(13)19/h3-4,13H,5-8H2,1-2H3,(H,16,18,19). The molecular formula is C15H18N2O2. The predicted octanol–water partition coefficient (Wildman–Crippen LogP) is 1.42. The molecule has 1 unspecified atom stereocenters. The van der Waals surface area contributed by atoms with Gasteiger partial charge in [0.2, 0.25) is 11.8 Å². The molecule has 4 nitrogen and oxygen atoms in total. The molecule has 2 heterocycles. The van der Waals surface area contributed by atoms with Crippen LogP contribution in [0.4, 0.5) is 0 Å². The minimum Gasteiger partial charge on any atom is -0.295 e. The molecule has 1 aromatic carbocycles. The van der Waals surface area contributed by atoms with Crippen LogP contribution in [0.25, 0.3) is 0 Å². The number of nitrogens with zero attached hydrogens (tertiary/aromatic N) is 1. The van der Waals surface area contributed by atoms with Crippen LogP contribution < -0.4 is 5.32 Å². The molecule has 3 rings (SSSR count). The summed E-state index contributed by atoms with van der Waals surface area (Å²) in [4.78, 5) is 25.3. The molecule has 2 aliphatic rings. The number of piperidine rings is 1. The van der Waals surface area contributed by atoms with Gasteiger partial charge in [0.1, 0.15) is 0 Å². The highest BCUT2D eigenvalue weighted by Gasteiger charge is 2.35. The number of imide groups is 1. The number of aryl methyl sites for hydroxylation is 2. The molecule has 0 bridgehead atoms. The first-order valence-corrected chi connectivity index (χ1v) is 6.72. The normalized spacial score (nSPS) is 23.4. The number of hydrogen-bond donors (Lipinski definition) is 1. The van der Waals surface area contributed by atoms with Crippen molar-refractivity contribution < 1.29 is 9.59 Å². The van der Waals surface area contributed by atoms with E-state index in [-0.39, 0.29) is 17.9 Å². The molecule has 2 aliphatic heterocycles. The first kappa shape index (κ1) is 12.4. The van der Waals surface area contributed by atoms with Crippen LogP contribution in [-0.4, -0.2) is 22.8 Å². The van der Waals surface area contributed by atoms with E-state index in [1.54, 1.807) is 0 Å². The Hall–Kier alpha value is -1.68. The van der Waals surface area contributed by atoms with Crippen LogP contribution in [-0.2, 0) is 22.7 Å². The summed E-state index contributed by atoms with van der Waals surface area (Å²) >= 11 is 0. The topological polar surface area (TPSA) is 49.4 Å². The molecular weight excluding hydrogens is 240 g/mol. The largest absolute Gasteiger partial charge is 0.295 e.